The van der Waals surface area contributed by atoms with Gasteiger partial charge in [-0.15, -0.1) is 0 Å². The predicted molar refractivity (Wildman–Crippen MR) is 90.0 cm³/mol. The molecular weight excluding hydrogens is 440 g/mol. The molecule has 0 saturated carbocycles. The number of benzene rings is 1. The van der Waals surface area contributed by atoms with Crippen LogP contribution in [-0.2, 0) is 6.42 Å². The smallest absolute Gasteiger partial charge is 0.173 e. The number of hydrogen-bond donors (Lipinski definition) is 2. The molecule has 0 atom stereocenters. The lowest BCUT2D eigenvalue weighted by molar-refractivity contribution is 0.395. The van der Waals surface area contributed by atoms with Crippen molar-refractivity contribution in [2.75, 3.05) is 0 Å². The van der Waals surface area contributed by atoms with Crippen molar-refractivity contribution in [1.29, 1.82) is 0 Å². The third-order valence-corrected chi connectivity index (χ3v) is 6.65. The molecule has 1 rings (SSSR count). The van der Waals surface area contributed by atoms with Crippen LogP contribution in [0.3, 0.4) is 0 Å². The highest BCUT2D eigenvalue weighted by atomic mass is 79.9. The van der Waals surface area contributed by atoms with E-state index in [4.69, 9.17) is 0 Å². The lowest BCUT2D eigenvalue weighted by Crippen LogP contribution is -1.92. The zero-order valence-corrected chi connectivity index (χ0v) is 15.7. The van der Waals surface area contributed by atoms with Crippen LogP contribution >= 0.6 is 47.8 Å². The van der Waals surface area contributed by atoms with Crippen LogP contribution in [0.15, 0.2) is 13.4 Å². The maximum absolute atomic E-state index is 9.99. The molecule has 0 heterocycles. The van der Waals surface area contributed by atoms with Crippen LogP contribution in [0, 0.1) is 0 Å². The number of rotatable bonds is 7. The molecule has 108 valence electrons. The van der Waals surface area contributed by atoms with Gasteiger partial charge in [0.1, 0.15) is 0 Å². The van der Waals surface area contributed by atoms with E-state index < -0.39 is 0 Å². The van der Waals surface area contributed by atoms with Gasteiger partial charge in [0.2, 0.25) is 0 Å². The third kappa shape index (κ3) is 4.64. The summed E-state index contributed by atoms with van der Waals surface area (Å²) in [6, 6.07) is 0. The summed E-state index contributed by atoms with van der Waals surface area (Å²) >= 11 is 10.1. The van der Waals surface area contributed by atoms with Crippen molar-refractivity contribution in [2.45, 2.75) is 51.9 Å². The van der Waals surface area contributed by atoms with Gasteiger partial charge in [0.25, 0.3) is 0 Å². The van der Waals surface area contributed by atoms with Gasteiger partial charge >= 0.3 is 0 Å². The Balaban J connectivity index is 2.64. The van der Waals surface area contributed by atoms with Gasteiger partial charge in [-0.3, -0.25) is 0 Å². The zero-order valence-electron chi connectivity index (χ0n) is 11.0. The van der Waals surface area contributed by atoms with Gasteiger partial charge in [-0.05, 0) is 60.6 Å². The summed E-state index contributed by atoms with van der Waals surface area (Å²) in [5.41, 5.74) is 0.767. The molecule has 0 amide bonds. The summed E-state index contributed by atoms with van der Waals surface area (Å²) in [4.78, 5) is 0. The van der Waals surface area contributed by atoms with Crippen LogP contribution in [0.1, 0.15) is 51.0 Å². The minimum Gasteiger partial charge on any atom is -0.504 e. The highest BCUT2D eigenvalue weighted by molar-refractivity contribution is 9.14. The Morgan fingerprint density at radius 3 is 1.95 bits per heavy atom. The average Bonchev–Trinajstić information content (AvgIpc) is 2.41. The molecule has 1 aromatic carbocycles. The highest BCUT2D eigenvalue weighted by Gasteiger charge is 2.19. The molecule has 2 nitrogen and oxygen atoms in total. The summed E-state index contributed by atoms with van der Waals surface area (Å²) in [5, 5.41) is 19.8. The lowest BCUT2D eigenvalue weighted by atomic mass is 10.0. The van der Waals surface area contributed by atoms with Gasteiger partial charge in [-0.25, -0.2) is 0 Å². The molecule has 19 heavy (non-hydrogen) atoms. The second kappa shape index (κ2) is 8.53. The molecule has 0 saturated heterocycles. The quantitative estimate of drug-likeness (QED) is 0.286. The van der Waals surface area contributed by atoms with Crippen molar-refractivity contribution in [1.82, 2.24) is 0 Å². The Kier molecular flexibility index (Phi) is 7.77. The Morgan fingerprint density at radius 2 is 1.32 bits per heavy atom. The van der Waals surface area contributed by atoms with Crippen LogP contribution in [-0.4, -0.2) is 10.2 Å². The van der Waals surface area contributed by atoms with E-state index in [1.807, 2.05) is 0 Å². The van der Waals surface area contributed by atoms with Crippen molar-refractivity contribution < 1.29 is 10.2 Å². The minimum absolute atomic E-state index is 0.0319. The molecule has 0 radical (unpaired) electrons. The van der Waals surface area contributed by atoms with Gasteiger partial charge < -0.3 is 10.2 Å². The normalized spacial score (nSPS) is 10.9. The van der Waals surface area contributed by atoms with Crippen molar-refractivity contribution in [3.63, 3.8) is 0 Å². The maximum atomic E-state index is 9.99. The van der Waals surface area contributed by atoms with E-state index in [1.54, 1.807) is 0 Å². The molecule has 0 aromatic heterocycles. The second-order valence-electron chi connectivity index (χ2n) is 4.64. The van der Waals surface area contributed by atoms with Crippen LogP contribution in [0.5, 0.6) is 11.5 Å². The molecule has 2 N–H and O–H groups in total. The topological polar surface area (TPSA) is 40.5 Å². The minimum atomic E-state index is -0.101. The Labute approximate surface area is 140 Å². The molecule has 0 aliphatic heterocycles. The first-order valence-corrected chi connectivity index (χ1v) is 8.95. The first kappa shape index (κ1) is 17.3. The number of phenols is 2. The fourth-order valence-corrected chi connectivity index (χ4v) is 3.66. The summed E-state index contributed by atoms with van der Waals surface area (Å²) in [6.07, 6.45) is 7.98. The second-order valence-corrected chi connectivity index (χ2v) is 7.01. The monoisotopic (exact) mass is 456 g/mol. The lowest BCUT2D eigenvalue weighted by Gasteiger charge is -2.13. The zero-order chi connectivity index (χ0) is 14.4. The van der Waals surface area contributed by atoms with Crippen LogP contribution in [0.25, 0.3) is 0 Å². The maximum Gasteiger partial charge on any atom is 0.173 e. The highest BCUT2D eigenvalue weighted by Crippen LogP contribution is 2.47. The first-order chi connectivity index (χ1) is 9.00. The summed E-state index contributed by atoms with van der Waals surface area (Å²) < 4.78 is 2.02. The van der Waals surface area contributed by atoms with Crippen LogP contribution in [0.4, 0.5) is 0 Å². The molecule has 0 aliphatic rings. The largest absolute Gasteiger partial charge is 0.504 e. The third-order valence-electron chi connectivity index (χ3n) is 3.15. The molecule has 0 unspecified atom stereocenters. The van der Waals surface area contributed by atoms with Gasteiger partial charge in [0, 0.05) is 10.0 Å². The standard InChI is InChI=1S/C14H19Br3O2/c1-2-3-4-5-6-7-8-9-10(15)11(16)12(17)14(19)13(9)18/h18-19H,2-8H2,1H3. The molecule has 0 bridgehead atoms. The van der Waals surface area contributed by atoms with Crippen LogP contribution in [0.2, 0.25) is 0 Å². The molecule has 0 spiro atoms. The van der Waals surface area contributed by atoms with Crippen molar-refractivity contribution >= 4 is 47.8 Å². The summed E-state index contributed by atoms with van der Waals surface area (Å²) in [7, 11) is 0. The summed E-state index contributed by atoms with van der Waals surface area (Å²) in [6.45, 7) is 2.21. The van der Waals surface area contributed by atoms with Gasteiger partial charge in [0.15, 0.2) is 11.5 Å². The molecule has 0 fully saturated rings. The Hall–Kier alpha value is 0.260. The summed E-state index contributed by atoms with van der Waals surface area (Å²) in [5.74, 6) is -0.133. The number of unbranched alkanes of at least 4 members (excludes halogenated alkanes) is 5. The van der Waals surface area contributed by atoms with Gasteiger partial charge in [-0.2, -0.15) is 0 Å². The average molecular weight is 459 g/mol. The number of phenolic OH excluding ortho intramolecular Hbond substituents is 2. The van der Waals surface area contributed by atoms with Crippen molar-refractivity contribution in [2.24, 2.45) is 0 Å². The number of halogens is 3. The van der Waals surface area contributed by atoms with Gasteiger partial charge in [0.05, 0.1) is 8.95 Å². The SMILES string of the molecule is CCCCCCCCc1c(O)c(O)c(Br)c(Br)c1Br. The fraction of sp³-hybridized carbons (Fsp3) is 0.571. The van der Waals surface area contributed by atoms with E-state index in [-0.39, 0.29) is 11.5 Å². The molecule has 1 aromatic rings. The van der Waals surface area contributed by atoms with Crippen molar-refractivity contribution in [3.05, 3.63) is 19.0 Å². The number of hydrogen-bond acceptors (Lipinski definition) is 2. The van der Waals surface area contributed by atoms with Crippen molar-refractivity contribution in [3.8, 4) is 11.5 Å². The van der Waals surface area contributed by atoms with E-state index in [0.717, 1.165) is 33.8 Å². The van der Waals surface area contributed by atoms with E-state index in [9.17, 15) is 10.2 Å². The molecule has 0 aliphatic carbocycles. The van der Waals surface area contributed by atoms with E-state index in [0.29, 0.717) is 4.47 Å². The van der Waals surface area contributed by atoms with E-state index >= 15 is 0 Å². The van der Waals surface area contributed by atoms with Crippen LogP contribution < -0.4 is 0 Å². The molecule has 5 heteroatoms. The molecular formula is C14H19Br3O2. The Bertz CT molecular complexity index is 404. The fourth-order valence-electron chi connectivity index (χ4n) is 1.99. The predicted octanol–water partition coefficient (Wildman–Crippen LogP) is 6.29. The van der Waals surface area contributed by atoms with E-state index in [1.165, 1.54) is 25.7 Å². The first-order valence-electron chi connectivity index (χ1n) is 6.57. The number of aromatic hydroxyl groups is 2. The Morgan fingerprint density at radius 1 is 0.737 bits per heavy atom. The van der Waals surface area contributed by atoms with E-state index in [2.05, 4.69) is 54.7 Å². The van der Waals surface area contributed by atoms with Gasteiger partial charge in [-0.1, -0.05) is 39.0 Å².